The molecule has 0 radical (unpaired) electrons. The fourth-order valence-electron chi connectivity index (χ4n) is 3.25. The Hall–Kier alpha value is -1.58. The molecule has 0 nitrogen and oxygen atoms in total. The summed E-state index contributed by atoms with van der Waals surface area (Å²) in [6.45, 7) is 0. The highest BCUT2D eigenvalue weighted by molar-refractivity contribution is 5.62. The van der Waals surface area contributed by atoms with E-state index in [0.29, 0.717) is 0 Å². The van der Waals surface area contributed by atoms with Crippen molar-refractivity contribution in [2.24, 2.45) is 5.41 Å². The van der Waals surface area contributed by atoms with Crippen molar-refractivity contribution < 1.29 is 17.6 Å². The van der Waals surface area contributed by atoms with Crippen LogP contribution in [-0.4, -0.2) is 0 Å². The SMILES string of the molecule is Fc1c(F)c(F)c2c(c1F)[C@H]1C=CC13C=C[C@@H]23. The van der Waals surface area contributed by atoms with Gasteiger partial charge in [0.05, 0.1) is 0 Å². The number of rotatable bonds is 0. The lowest BCUT2D eigenvalue weighted by atomic mass is 9.57. The number of benzene rings is 1. The highest BCUT2D eigenvalue weighted by Crippen LogP contribution is 2.68. The lowest BCUT2D eigenvalue weighted by Crippen LogP contribution is -2.35. The molecule has 0 N–H and O–H groups in total. The Morgan fingerprint density at radius 2 is 1.12 bits per heavy atom. The Morgan fingerprint density at radius 3 is 1.41 bits per heavy atom. The molecule has 1 spiro atoms. The van der Waals surface area contributed by atoms with Crippen LogP contribution < -0.4 is 0 Å². The van der Waals surface area contributed by atoms with Gasteiger partial charge in [-0.3, -0.25) is 0 Å². The van der Waals surface area contributed by atoms with Gasteiger partial charge in [-0.25, -0.2) is 17.6 Å². The summed E-state index contributed by atoms with van der Waals surface area (Å²) in [7, 11) is 0. The van der Waals surface area contributed by atoms with Gasteiger partial charge in [0.15, 0.2) is 23.3 Å². The molecule has 0 bridgehead atoms. The average Bonchev–Trinajstić information content (AvgIpc) is 2.36. The second-order valence-electron chi connectivity index (χ2n) is 4.76. The molecule has 0 amide bonds. The molecule has 0 aromatic heterocycles. The third kappa shape index (κ3) is 0.751. The number of halogens is 4. The smallest absolute Gasteiger partial charge is 0.197 e. The summed E-state index contributed by atoms with van der Waals surface area (Å²) in [5.74, 6) is -6.61. The molecule has 1 aromatic carbocycles. The van der Waals surface area contributed by atoms with Gasteiger partial charge in [-0.05, 0) is 0 Å². The van der Waals surface area contributed by atoms with Crippen molar-refractivity contribution in [3.8, 4) is 0 Å². The van der Waals surface area contributed by atoms with Gasteiger partial charge in [-0.1, -0.05) is 24.3 Å². The van der Waals surface area contributed by atoms with Crippen LogP contribution in [0.4, 0.5) is 17.6 Å². The van der Waals surface area contributed by atoms with Crippen LogP contribution in [0.5, 0.6) is 0 Å². The van der Waals surface area contributed by atoms with E-state index in [4.69, 9.17) is 0 Å². The van der Waals surface area contributed by atoms with Crippen molar-refractivity contribution in [3.05, 3.63) is 58.7 Å². The van der Waals surface area contributed by atoms with Crippen LogP contribution in [0.3, 0.4) is 0 Å². The largest absolute Gasteiger partial charge is 0.203 e. The van der Waals surface area contributed by atoms with Gasteiger partial charge >= 0.3 is 0 Å². The minimum Gasteiger partial charge on any atom is -0.203 e. The van der Waals surface area contributed by atoms with Crippen molar-refractivity contribution in [1.82, 2.24) is 0 Å². The lowest BCUT2D eigenvalue weighted by Gasteiger charge is -2.45. The highest BCUT2D eigenvalue weighted by Gasteiger charge is 2.59. The predicted molar refractivity (Wildman–Crippen MR) is 52.5 cm³/mol. The normalized spacial score (nSPS) is 34.8. The summed E-state index contributed by atoms with van der Waals surface area (Å²) < 4.78 is 53.9. The Balaban J connectivity index is 2.11. The van der Waals surface area contributed by atoms with E-state index in [2.05, 4.69) is 0 Å². The van der Waals surface area contributed by atoms with E-state index in [1.54, 1.807) is 12.2 Å². The molecule has 0 aliphatic heterocycles. The molecule has 3 atom stereocenters. The van der Waals surface area contributed by atoms with E-state index in [0.717, 1.165) is 0 Å². The van der Waals surface area contributed by atoms with E-state index < -0.39 is 28.7 Å². The summed E-state index contributed by atoms with van der Waals surface area (Å²) >= 11 is 0. The quantitative estimate of drug-likeness (QED) is 0.280. The monoisotopic (exact) mass is 238 g/mol. The van der Waals surface area contributed by atoms with Crippen LogP contribution in [0, 0.1) is 28.7 Å². The van der Waals surface area contributed by atoms with Crippen molar-refractivity contribution >= 4 is 0 Å². The maximum Gasteiger partial charge on any atom is 0.197 e. The van der Waals surface area contributed by atoms with Crippen LogP contribution in [0.25, 0.3) is 0 Å². The number of allylic oxidation sites excluding steroid dienone is 4. The summed E-state index contributed by atoms with van der Waals surface area (Å²) in [5.41, 5.74) is -0.456. The third-order valence-electron chi connectivity index (χ3n) is 4.20. The minimum absolute atomic E-state index is 0.0149. The minimum atomic E-state index is -1.71. The second kappa shape index (κ2) is 2.47. The van der Waals surface area contributed by atoms with E-state index in [1.807, 2.05) is 12.2 Å². The van der Waals surface area contributed by atoms with Crippen molar-refractivity contribution in [2.45, 2.75) is 11.8 Å². The first-order chi connectivity index (χ1) is 8.08. The Bertz CT molecular complexity index is 572. The molecule has 3 aliphatic rings. The third-order valence-corrected chi connectivity index (χ3v) is 4.20. The van der Waals surface area contributed by atoms with E-state index >= 15 is 0 Å². The summed E-state index contributed by atoms with van der Waals surface area (Å²) in [4.78, 5) is 0. The molecule has 4 heteroatoms. The molecular weight excluding hydrogens is 232 g/mol. The Labute approximate surface area is 94.3 Å². The average molecular weight is 238 g/mol. The molecule has 4 rings (SSSR count). The Kier molecular flexibility index (Phi) is 1.37. The first kappa shape index (κ1) is 9.45. The molecule has 0 fully saturated rings. The standard InChI is InChI=1S/C13H6F4/c14-9-7-5-1-3-13(5)4-2-6(13)8(7)10(15)12(17)11(9)16/h1-6H/t5-,6+,13?. The van der Waals surface area contributed by atoms with Crippen LogP contribution in [0.15, 0.2) is 24.3 Å². The molecule has 0 heterocycles. The van der Waals surface area contributed by atoms with Crippen LogP contribution in [-0.2, 0) is 0 Å². The molecule has 86 valence electrons. The Morgan fingerprint density at radius 1 is 0.706 bits per heavy atom. The topological polar surface area (TPSA) is 0 Å². The predicted octanol–water partition coefficient (Wildman–Crippen LogP) is 3.55. The highest BCUT2D eigenvalue weighted by atomic mass is 19.2. The zero-order valence-corrected chi connectivity index (χ0v) is 8.48. The zero-order chi connectivity index (χ0) is 11.9. The van der Waals surface area contributed by atoms with E-state index in [9.17, 15) is 17.6 Å². The second-order valence-corrected chi connectivity index (χ2v) is 4.76. The molecule has 0 saturated heterocycles. The molecule has 17 heavy (non-hydrogen) atoms. The number of hydrogen-bond donors (Lipinski definition) is 0. The molecule has 0 saturated carbocycles. The lowest BCUT2D eigenvalue weighted by molar-refractivity contribution is 0.345. The first-order valence-corrected chi connectivity index (χ1v) is 5.32. The molecule has 3 aliphatic carbocycles. The summed E-state index contributed by atoms with van der Waals surface area (Å²) in [6.07, 6.45) is 7.11. The fraction of sp³-hybridized carbons (Fsp3) is 0.231. The van der Waals surface area contributed by atoms with Crippen LogP contribution in [0.1, 0.15) is 23.0 Å². The van der Waals surface area contributed by atoms with Gasteiger partial charge in [0.1, 0.15) is 0 Å². The van der Waals surface area contributed by atoms with Crippen LogP contribution >= 0.6 is 0 Å². The van der Waals surface area contributed by atoms with Crippen molar-refractivity contribution in [1.29, 1.82) is 0 Å². The zero-order valence-electron chi connectivity index (χ0n) is 8.48. The van der Waals surface area contributed by atoms with Gasteiger partial charge in [-0.15, -0.1) is 0 Å². The molecule has 1 aromatic rings. The van der Waals surface area contributed by atoms with Gasteiger partial charge in [0, 0.05) is 28.4 Å². The van der Waals surface area contributed by atoms with Crippen molar-refractivity contribution in [2.75, 3.05) is 0 Å². The number of fused-ring (bicyclic) bond motifs is 3. The summed E-state index contributed by atoms with van der Waals surface area (Å²) in [5, 5.41) is 0. The maximum atomic E-state index is 13.7. The number of hydrogen-bond acceptors (Lipinski definition) is 0. The van der Waals surface area contributed by atoms with Gasteiger partial charge in [-0.2, -0.15) is 0 Å². The fourth-order valence-corrected chi connectivity index (χ4v) is 3.25. The molecular formula is C13H6F4. The van der Waals surface area contributed by atoms with Gasteiger partial charge < -0.3 is 0 Å². The maximum absolute atomic E-state index is 13.7. The first-order valence-electron chi connectivity index (χ1n) is 5.32. The van der Waals surface area contributed by atoms with Crippen LogP contribution in [0.2, 0.25) is 0 Å². The van der Waals surface area contributed by atoms with E-state index in [1.165, 1.54) is 0 Å². The van der Waals surface area contributed by atoms with Crippen molar-refractivity contribution in [3.63, 3.8) is 0 Å². The van der Waals surface area contributed by atoms with E-state index in [-0.39, 0.29) is 23.0 Å². The molecule has 1 unspecified atom stereocenters. The van der Waals surface area contributed by atoms with Gasteiger partial charge in [0.2, 0.25) is 0 Å². The summed E-state index contributed by atoms with van der Waals surface area (Å²) in [6, 6.07) is 0. The van der Waals surface area contributed by atoms with Gasteiger partial charge in [0.25, 0.3) is 0 Å².